The van der Waals surface area contributed by atoms with E-state index in [0.717, 1.165) is 0 Å². The van der Waals surface area contributed by atoms with Crippen LogP contribution in [0.5, 0.6) is 5.75 Å². The van der Waals surface area contributed by atoms with Crippen LogP contribution in [0.2, 0.25) is 0 Å². The molecule has 4 heteroatoms. The van der Waals surface area contributed by atoms with Crippen LogP contribution < -0.4 is 10.5 Å². The molecule has 0 bridgehead atoms. The zero-order valence-corrected chi connectivity index (χ0v) is 9.81. The highest BCUT2D eigenvalue weighted by atomic mass is 19.1. The van der Waals surface area contributed by atoms with Gasteiger partial charge in [-0.25, -0.2) is 4.39 Å². The topological polar surface area (TPSA) is 52.3 Å². The average Bonchev–Trinajstić information content (AvgIpc) is 2.39. The van der Waals surface area contributed by atoms with Crippen molar-refractivity contribution in [3.8, 4) is 5.75 Å². The first-order valence-electron chi connectivity index (χ1n) is 5.35. The molecule has 0 saturated carbocycles. The van der Waals surface area contributed by atoms with Crippen molar-refractivity contribution < 1.29 is 13.9 Å². The number of anilines is 1. The van der Waals surface area contributed by atoms with E-state index in [1.54, 1.807) is 18.2 Å². The number of hydrogen-bond donors (Lipinski definition) is 1. The Labute approximate surface area is 104 Å². The standard InChI is InChI=1S/C14H12FNO2/c1-18-13-8-10(4-7-12(13)16)14(17)9-2-5-11(15)6-3-9/h2-8H,16H2,1H3. The van der Waals surface area contributed by atoms with Crippen molar-refractivity contribution in [3.63, 3.8) is 0 Å². The molecule has 0 saturated heterocycles. The molecule has 0 radical (unpaired) electrons. The Morgan fingerprint density at radius 1 is 1.11 bits per heavy atom. The summed E-state index contributed by atoms with van der Waals surface area (Å²) in [4.78, 5) is 12.1. The third-order valence-corrected chi connectivity index (χ3v) is 2.60. The van der Waals surface area contributed by atoms with Crippen LogP contribution in [0, 0.1) is 5.82 Å². The first-order valence-corrected chi connectivity index (χ1v) is 5.35. The number of carbonyl (C=O) groups excluding carboxylic acids is 1. The third-order valence-electron chi connectivity index (χ3n) is 2.60. The average molecular weight is 245 g/mol. The summed E-state index contributed by atoms with van der Waals surface area (Å²) in [6, 6.07) is 10.2. The fraction of sp³-hybridized carbons (Fsp3) is 0.0714. The minimum absolute atomic E-state index is 0.201. The number of benzene rings is 2. The molecule has 18 heavy (non-hydrogen) atoms. The summed E-state index contributed by atoms with van der Waals surface area (Å²) >= 11 is 0. The molecule has 2 aromatic carbocycles. The molecule has 0 atom stereocenters. The number of nitrogen functional groups attached to an aromatic ring is 1. The molecule has 2 N–H and O–H groups in total. The van der Waals surface area contributed by atoms with Gasteiger partial charge < -0.3 is 10.5 Å². The zero-order valence-electron chi connectivity index (χ0n) is 9.81. The maximum Gasteiger partial charge on any atom is 0.193 e. The summed E-state index contributed by atoms with van der Waals surface area (Å²) < 4.78 is 17.8. The van der Waals surface area contributed by atoms with Gasteiger partial charge in [-0.1, -0.05) is 0 Å². The van der Waals surface area contributed by atoms with E-state index >= 15 is 0 Å². The lowest BCUT2D eigenvalue weighted by Crippen LogP contribution is -2.03. The van der Waals surface area contributed by atoms with Crippen LogP contribution in [0.25, 0.3) is 0 Å². The summed E-state index contributed by atoms with van der Waals surface area (Å²) in [6.07, 6.45) is 0. The molecule has 0 spiro atoms. The molecule has 2 aromatic rings. The van der Waals surface area contributed by atoms with E-state index in [-0.39, 0.29) is 11.6 Å². The van der Waals surface area contributed by atoms with Gasteiger partial charge in [0.25, 0.3) is 0 Å². The molecule has 0 aliphatic carbocycles. The number of halogens is 1. The summed E-state index contributed by atoms with van der Waals surface area (Å²) in [6.45, 7) is 0. The SMILES string of the molecule is COc1cc(C(=O)c2ccc(F)cc2)ccc1N. The van der Waals surface area contributed by atoms with Crippen LogP contribution in [0.4, 0.5) is 10.1 Å². The molecule has 0 amide bonds. The Balaban J connectivity index is 2.37. The molecule has 0 unspecified atom stereocenters. The van der Waals surface area contributed by atoms with Crippen LogP contribution in [0.15, 0.2) is 42.5 Å². The van der Waals surface area contributed by atoms with Crippen LogP contribution in [0.1, 0.15) is 15.9 Å². The highest BCUT2D eigenvalue weighted by Gasteiger charge is 2.11. The lowest BCUT2D eigenvalue weighted by molar-refractivity contribution is 0.103. The van der Waals surface area contributed by atoms with Gasteiger partial charge in [0.1, 0.15) is 11.6 Å². The fourth-order valence-corrected chi connectivity index (χ4v) is 1.62. The number of rotatable bonds is 3. The molecule has 92 valence electrons. The summed E-state index contributed by atoms with van der Waals surface area (Å²) in [5, 5.41) is 0. The van der Waals surface area contributed by atoms with Crippen molar-refractivity contribution in [2.45, 2.75) is 0 Å². The second-order valence-corrected chi connectivity index (χ2v) is 3.79. The van der Waals surface area contributed by atoms with Gasteiger partial charge in [-0.3, -0.25) is 4.79 Å². The van der Waals surface area contributed by atoms with Crippen LogP contribution in [-0.4, -0.2) is 12.9 Å². The van der Waals surface area contributed by atoms with Crippen molar-refractivity contribution in [2.24, 2.45) is 0 Å². The van der Waals surface area contributed by atoms with Gasteiger partial charge in [-0.2, -0.15) is 0 Å². The van der Waals surface area contributed by atoms with Crippen molar-refractivity contribution >= 4 is 11.5 Å². The fourth-order valence-electron chi connectivity index (χ4n) is 1.62. The van der Waals surface area contributed by atoms with Gasteiger partial charge in [0.2, 0.25) is 0 Å². The maximum atomic E-state index is 12.8. The quantitative estimate of drug-likeness (QED) is 0.668. The number of methoxy groups -OCH3 is 1. The number of carbonyl (C=O) groups is 1. The van der Waals surface area contributed by atoms with Gasteiger partial charge in [-0.05, 0) is 42.5 Å². The molecule has 2 rings (SSSR count). The van der Waals surface area contributed by atoms with Gasteiger partial charge in [0.05, 0.1) is 12.8 Å². The second-order valence-electron chi connectivity index (χ2n) is 3.79. The van der Waals surface area contributed by atoms with E-state index < -0.39 is 0 Å². The number of ether oxygens (including phenoxy) is 1. The molecule has 0 aliphatic heterocycles. The highest BCUT2D eigenvalue weighted by molar-refractivity contribution is 6.09. The van der Waals surface area contributed by atoms with Gasteiger partial charge in [0.15, 0.2) is 5.78 Å². The van der Waals surface area contributed by atoms with E-state index in [2.05, 4.69) is 0 Å². The summed E-state index contributed by atoms with van der Waals surface area (Å²) in [7, 11) is 1.48. The lowest BCUT2D eigenvalue weighted by Gasteiger charge is -2.07. The van der Waals surface area contributed by atoms with Gasteiger partial charge >= 0.3 is 0 Å². The first-order chi connectivity index (χ1) is 8.61. The largest absolute Gasteiger partial charge is 0.495 e. The second kappa shape index (κ2) is 4.87. The minimum atomic E-state index is -0.374. The Hall–Kier alpha value is -2.36. The highest BCUT2D eigenvalue weighted by Crippen LogP contribution is 2.23. The molecule has 0 aromatic heterocycles. The maximum absolute atomic E-state index is 12.8. The van der Waals surface area contributed by atoms with Crippen LogP contribution in [-0.2, 0) is 0 Å². The number of hydrogen-bond acceptors (Lipinski definition) is 3. The molecule has 0 heterocycles. The normalized spacial score (nSPS) is 10.1. The minimum Gasteiger partial charge on any atom is -0.495 e. The van der Waals surface area contributed by atoms with E-state index in [1.807, 2.05) is 0 Å². The Morgan fingerprint density at radius 3 is 2.33 bits per heavy atom. The van der Waals surface area contributed by atoms with Crippen molar-refractivity contribution in [3.05, 3.63) is 59.4 Å². The van der Waals surface area contributed by atoms with Gasteiger partial charge in [-0.15, -0.1) is 0 Å². The first kappa shape index (κ1) is 12.1. The smallest absolute Gasteiger partial charge is 0.193 e. The zero-order chi connectivity index (χ0) is 13.1. The Bertz CT molecular complexity index is 579. The van der Waals surface area contributed by atoms with Crippen molar-refractivity contribution in [1.82, 2.24) is 0 Å². The van der Waals surface area contributed by atoms with E-state index in [1.165, 1.54) is 31.4 Å². The molecule has 0 fully saturated rings. The predicted molar refractivity (Wildman–Crippen MR) is 67.2 cm³/mol. The van der Waals surface area contributed by atoms with E-state index in [4.69, 9.17) is 10.5 Å². The van der Waals surface area contributed by atoms with E-state index in [9.17, 15) is 9.18 Å². The van der Waals surface area contributed by atoms with Crippen LogP contribution >= 0.6 is 0 Å². The summed E-state index contributed by atoms with van der Waals surface area (Å²) in [5.74, 6) is -0.127. The monoisotopic (exact) mass is 245 g/mol. The molecule has 3 nitrogen and oxygen atoms in total. The molecular formula is C14H12FNO2. The van der Waals surface area contributed by atoms with Crippen molar-refractivity contribution in [1.29, 1.82) is 0 Å². The predicted octanol–water partition coefficient (Wildman–Crippen LogP) is 2.65. The van der Waals surface area contributed by atoms with E-state index in [0.29, 0.717) is 22.6 Å². The lowest BCUT2D eigenvalue weighted by atomic mass is 10.0. The number of ketones is 1. The van der Waals surface area contributed by atoms with Gasteiger partial charge in [0, 0.05) is 11.1 Å². The van der Waals surface area contributed by atoms with Crippen LogP contribution in [0.3, 0.4) is 0 Å². The molecule has 0 aliphatic rings. The Kier molecular flexibility index (Phi) is 3.28. The number of nitrogens with two attached hydrogens (primary N) is 1. The van der Waals surface area contributed by atoms with Crippen molar-refractivity contribution in [2.75, 3.05) is 12.8 Å². The Morgan fingerprint density at radius 2 is 1.72 bits per heavy atom. The summed E-state index contributed by atoms with van der Waals surface area (Å²) in [5.41, 5.74) is 7.01. The molecular weight excluding hydrogens is 233 g/mol. The third kappa shape index (κ3) is 2.32.